The molecule has 0 radical (unpaired) electrons. The van der Waals surface area contributed by atoms with Gasteiger partial charge in [-0.25, -0.2) is 9.36 Å². The number of hydrogen-bond donors (Lipinski definition) is 0. The first-order valence-electron chi connectivity index (χ1n) is 5.91. The fourth-order valence-corrected chi connectivity index (χ4v) is 2.84. The Hall–Kier alpha value is -1.40. The standard InChI is InChI=1S/C12H16N2O3S/c1-3-9-10(15)13(5-4-7-17-2)12-14(11(9)16)6-8-18-12/h6,8H,3-5,7H2,1-2H3. The van der Waals surface area contributed by atoms with Crippen LogP contribution in [0.15, 0.2) is 16.4 Å². The summed E-state index contributed by atoms with van der Waals surface area (Å²) < 4.78 is 8.22. The topological polar surface area (TPSA) is 57.6 Å². The monoisotopic (exact) mass is 268 g/mol. The Bertz CT molecular complexity index is 603. The lowest BCUT2D eigenvalue weighted by molar-refractivity contribution is -0.715. The van der Waals surface area contributed by atoms with E-state index in [0.717, 1.165) is 6.42 Å². The van der Waals surface area contributed by atoms with Crippen LogP contribution in [-0.2, 0) is 17.7 Å². The van der Waals surface area contributed by atoms with Gasteiger partial charge in [0.05, 0.1) is 18.0 Å². The second-order valence-electron chi connectivity index (χ2n) is 4.00. The summed E-state index contributed by atoms with van der Waals surface area (Å²) >= 11 is 1.40. The Morgan fingerprint density at radius 2 is 2.33 bits per heavy atom. The molecule has 98 valence electrons. The summed E-state index contributed by atoms with van der Waals surface area (Å²) in [5.74, 6) is -0.166. The normalized spacial score (nSPS) is 11.2. The molecule has 2 heterocycles. The van der Waals surface area contributed by atoms with E-state index in [0.29, 0.717) is 30.1 Å². The van der Waals surface area contributed by atoms with E-state index in [9.17, 15) is 9.90 Å². The number of aromatic nitrogens is 2. The number of ether oxygens (including phenoxy) is 1. The second kappa shape index (κ2) is 5.49. The van der Waals surface area contributed by atoms with Crippen molar-refractivity contribution in [1.29, 1.82) is 0 Å². The first-order chi connectivity index (χ1) is 8.70. The van der Waals surface area contributed by atoms with E-state index in [1.807, 2.05) is 12.3 Å². The van der Waals surface area contributed by atoms with Crippen molar-refractivity contribution in [3.8, 4) is 5.88 Å². The van der Waals surface area contributed by atoms with Crippen LogP contribution in [-0.4, -0.2) is 18.1 Å². The fraction of sp³-hybridized carbons (Fsp3) is 0.500. The largest absolute Gasteiger partial charge is 0.842 e. The molecule has 6 heteroatoms. The molecule has 0 aliphatic heterocycles. The number of fused-ring (bicyclic) bond motifs is 1. The second-order valence-corrected chi connectivity index (χ2v) is 4.87. The fourth-order valence-electron chi connectivity index (χ4n) is 1.97. The molecule has 0 spiro atoms. The minimum Gasteiger partial charge on any atom is -0.842 e. The van der Waals surface area contributed by atoms with Gasteiger partial charge in [-0.05, 0) is 6.42 Å². The molecule has 0 aliphatic carbocycles. The summed E-state index contributed by atoms with van der Waals surface area (Å²) in [4.78, 5) is 12.7. The molecule has 0 bridgehead atoms. The van der Waals surface area contributed by atoms with E-state index in [4.69, 9.17) is 4.74 Å². The maximum Gasteiger partial charge on any atom is 0.348 e. The van der Waals surface area contributed by atoms with Crippen molar-refractivity contribution in [2.24, 2.45) is 0 Å². The maximum atomic E-state index is 12.2. The molecule has 2 rings (SSSR count). The van der Waals surface area contributed by atoms with Crippen LogP contribution in [0.5, 0.6) is 5.88 Å². The van der Waals surface area contributed by atoms with Crippen LogP contribution >= 0.6 is 11.3 Å². The molecule has 0 unspecified atom stereocenters. The van der Waals surface area contributed by atoms with Crippen molar-refractivity contribution in [1.82, 2.24) is 4.40 Å². The summed E-state index contributed by atoms with van der Waals surface area (Å²) in [5.41, 5.74) is 0.157. The molecule has 0 amide bonds. The molecule has 0 saturated carbocycles. The number of methoxy groups -OCH3 is 1. The molecule has 2 aromatic rings. The Labute approximate surface area is 109 Å². The van der Waals surface area contributed by atoms with Crippen LogP contribution in [0.3, 0.4) is 0 Å². The third-order valence-corrected chi connectivity index (χ3v) is 3.77. The Kier molecular flexibility index (Phi) is 3.98. The molecule has 0 N–H and O–H groups in total. The van der Waals surface area contributed by atoms with E-state index < -0.39 is 0 Å². The summed E-state index contributed by atoms with van der Waals surface area (Å²) in [7, 11) is 1.64. The zero-order valence-electron chi connectivity index (χ0n) is 10.5. The van der Waals surface area contributed by atoms with Gasteiger partial charge >= 0.3 is 10.5 Å². The third kappa shape index (κ3) is 2.13. The van der Waals surface area contributed by atoms with Crippen molar-refractivity contribution in [3.63, 3.8) is 0 Å². The van der Waals surface area contributed by atoms with Crippen molar-refractivity contribution < 1.29 is 14.4 Å². The van der Waals surface area contributed by atoms with Crippen molar-refractivity contribution in [3.05, 3.63) is 27.5 Å². The number of hydrogen-bond acceptors (Lipinski definition) is 4. The number of thiazole rings is 1. The van der Waals surface area contributed by atoms with Gasteiger partial charge in [0.1, 0.15) is 6.20 Å². The van der Waals surface area contributed by atoms with E-state index in [1.54, 1.807) is 22.3 Å². The predicted octanol–water partition coefficient (Wildman–Crippen LogP) is 0.321. The summed E-state index contributed by atoms with van der Waals surface area (Å²) in [5, 5.41) is 14.1. The van der Waals surface area contributed by atoms with E-state index >= 15 is 0 Å². The van der Waals surface area contributed by atoms with Gasteiger partial charge in [-0.1, -0.05) is 18.3 Å². The highest BCUT2D eigenvalue weighted by molar-refractivity contribution is 7.14. The third-order valence-electron chi connectivity index (χ3n) is 2.88. The van der Waals surface area contributed by atoms with Gasteiger partial charge in [-0.3, -0.25) is 0 Å². The smallest absolute Gasteiger partial charge is 0.348 e. The van der Waals surface area contributed by atoms with Crippen LogP contribution in [0.25, 0.3) is 4.96 Å². The first-order valence-corrected chi connectivity index (χ1v) is 6.79. The van der Waals surface area contributed by atoms with Crippen molar-refractivity contribution in [2.75, 3.05) is 13.7 Å². The SMILES string of the molecule is CCc1c([O-])[n+](CCCOC)c2sccn2c1=O. The lowest BCUT2D eigenvalue weighted by Crippen LogP contribution is -2.44. The van der Waals surface area contributed by atoms with Crippen LogP contribution < -0.4 is 15.2 Å². The van der Waals surface area contributed by atoms with Gasteiger partial charge in [0.2, 0.25) is 0 Å². The lowest BCUT2D eigenvalue weighted by atomic mass is 10.2. The molecule has 0 aromatic carbocycles. The summed E-state index contributed by atoms with van der Waals surface area (Å²) in [6.07, 6.45) is 2.93. The van der Waals surface area contributed by atoms with Crippen molar-refractivity contribution >= 4 is 16.3 Å². The molecule has 2 aromatic heterocycles. The van der Waals surface area contributed by atoms with Gasteiger partial charge in [-0.15, -0.1) is 0 Å². The van der Waals surface area contributed by atoms with Crippen LogP contribution in [0.2, 0.25) is 0 Å². The quantitative estimate of drug-likeness (QED) is 0.579. The molecule has 0 aliphatic rings. The first kappa shape index (κ1) is 13.0. The Morgan fingerprint density at radius 3 is 3.00 bits per heavy atom. The maximum absolute atomic E-state index is 12.2. The van der Waals surface area contributed by atoms with Crippen molar-refractivity contribution in [2.45, 2.75) is 26.3 Å². The summed E-state index contributed by atoms with van der Waals surface area (Å²) in [6.45, 7) is 3.00. The Balaban J connectivity index is 2.55. The Morgan fingerprint density at radius 1 is 1.56 bits per heavy atom. The van der Waals surface area contributed by atoms with Crippen LogP contribution in [0, 0.1) is 0 Å². The number of aryl methyl sites for hydroxylation is 1. The van der Waals surface area contributed by atoms with Gasteiger partial charge in [0, 0.05) is 25.5 Å². The zero-order chi connectivity index (χ0) is 13.1. The molecule has 0 atom stereocenters. The van der Waals surface area contributed by atoms with Gasteiger partial charge < -0.3 is 9.84 Å². The highest BCUT2D eigenvalue weighted by atomic mass is 32.1. The number of nitrogens with zero attached hydrogens (tertiary/aromatic N) is 2. The van der Waals surface area contributed by atoms with E-state index in [1.165, 1.54) is 11.3 Å². The number of rotatable bonds is 5. The molecular weight excluding hydrogens is 252 g/mol. The van der Waals surface area contributed by atoms with E-state index in [-0.39, 0.29) is 11.4 Å². The van der Waals surface area contributed by atoms with Gasteiger partial charge in [-0.2, -0.15) is 4.40 Å². The van der Waals surface area contributed by atoms with Crippen LogP contribution in [0.1, 0.15) is 18.9 Å². The van der Waals surface area contributed by atoms with Gasteiger partial charge in [0.25, 0.3) is 0 Å². The summed E-state index contributed by atoms with van der Waals surface area (Å²) in [6, 6.07) is 0. The molecular formula is C12H16N2O3S. The minimum absolute atomic E-state index is 0.166. The highest BCUT2D eigenvalue weighted by Crippen LogP contribution is 2.11. The average Bonchev–Trinajstić information content (AvgIpc) is 2.83. The zero-order valence-corrected chi connectivity index (χ0v) is 11.3. The lowest BCUT2D eigenvalue weighted by Gasteiger charge is -2.14. The van der Waals surface area contributed by atoms with E-state index in [2.05, 4.69) is 0 Å². The molecule has 0 saturated heterocycles. The van der Waals surface area contributed by atoms with Crippen LogP contribution in [0.4, 0.5) is 0 Å². The molecule has 18 heavy (non-hydrogen) atoms. The highest BCUT2D eigenvalue weighted by Gasteiger charge is 2.18. The average molecular weight is 268 g/mol. The molecule has 0 fully saturated rings. The van der Waals surface area contributed by atoms with Gasteiger partial charge in [0.15, 0.2) is 0 Å². The molecule has 5 nitrogen and oxygen atoms in total. The predicted molar refractivity (Wildman–Crippen MR) is 67.1 cm³/mol. The minimum atomic E-state index is -0.193.